The highest BCUT2D eigenvalue weighted by atomic mass is 35.5. The maximum absolute atomic E-state index is 5.93. The second-order valence-electron chi connectivity index (χ2n) is 5.93. The molecule has 0 aromatic heterocycles. The Balaban J connectivity index is 1.99. The fourth-order valence-corrected chi connectivity index (χ4v) is 2.53. The van der Waals surface area contributed by atoms with Crippen LogP contribution in [0, 0.1) is 0 Å². The van der Waals surface area contributed by atoms with Gasteiger partial charge in [0.05, 0.1) is 0 Å². The third-order valence-corrected chi connectivity index (χ3v) is 4.04. The number of rotatable bonds is 6. The molecule has 0 amide bonds. The molecule has 1 nitrogen and oxygen atoms in total. The molecule has 0 aliphatic rings. The summed E-state index contributed by atoms with van der Waals surface area (Å²) in [4.78, 5) is 0. The van der Waals surface area contributed by atoms with Gasteiger partial charge in [0, 0.05) is 11.1 Å². The standard InChI is InChI=1S/C19H24ClN/c1-14(2)21-13-12-15(3)16-4-6-17(7-5-16)18-8-10-19(20)11-9-18/h4-11,14-15,21H,12-13H2,1-3H3. The van der Waals surface area contributed by atoms with Gasteiger partial charge in [-0.25, -0.2) is 0 Å². The van der Waals surface area contributed by atoms with Crippen LogP contribution in [-0.4, -0.2) is 12.6 Å². The van der Waals surface area contributed by atoms with Gasteiger partial charge < -0.3 is 5.32 Å². The minimum absolute atomic E-state index is 0.560. The summed E-state index contributed by atoms with van der Waals surface area (Å²) in [5.41, 5.74) is 3.85. The van der Waals surface area contributed by atoms with Gasteiger partial charge >= 0.3 is 0 Å². The molecule has 1 N–H and O–H groups in total. The molecule has 0 aliphatic carbocycles. The molecule has 2 aromatic rings. The predicted molar refractivity (Wildman–Crippen MR) is 93.1 cm³/mol. The summed E-state index contributed by atoms with van der Waals surface area (Å²) in [6.45, 7) is 7.73. The molecule has 0 spiro atoms. The van der Waals surface area contributed by atoms with Gasteiger partial charge in [0.2, 0.25) is 0 Å². The van der Waals surface area contributed by atoms with E-state index in [4.69, 9.17) is 11.6 Å². The van der Waals surface area contributed by atoms with E-state index in [1.54, 1.807) is 0 Å². The van der Waals surface area contributed by atoms with Crippen molar-refractivity contribution in [3.8, 4) is 11.1 Å². The van der Waals surface area contributed by atoms with Crippen molar-refractivity contribution in [1.29, 1.82) is 0 Å². The predicted octanol–water partition coefficient (Wildman–Crippen LogP) is 5.50. The average molecular weight is 302 g/mol. The smallest absolute Gasteiger partial charge is 0.0406 e. The van der Waals surface area contributed by atoms with Crippen LogP contribution in [-0.2, 0) is 0 Å². The Morgan fingerprint density at radius 1 is 0.857 bits per heavy atom. The van der Waals surface area contributed by atoms with E-state index in [1.807, 2.05) is 12.1 Å². The second kappa shape index (κ2) is 7.63. The van der Waals surface area contributed by atoms with E-state index in [0.717, 1.165) is 11.6 Å². The minimum Gasteiger partial charge on any atom is -0.315 e. The van der Waals surface area contributed by atoms with Crippen molar-refractivity contribution in [2.75, 3.05) is 6.54 Å². The minimum atomic E-state index is 0.560. The second-order valence-corrected chi connectivity index (χ2v) is 6.36. The molecular weight excluding hydrogens is 278 g/mol. The van der Waals surface area contributed by atoms with E-state index in [-0.39, 0.29) is 0 Å². The zero-order valence-corrected chi connectivity index (χ0v) is 13.8. The number of hydrogen-bond donors (Lipinski definition) is 1. The van der Waals surface area contributed by atoms with Crippen LogP contribution in [0.3, 0.4) is 0 Å². The lowest BCUT2D eigenvalue weighted by atomic mass is 9.95. The first-order chi connectivity index (χ1) is 10.1. The lowest BCUT2D eigenvalue weighted by molar-refractivity contribution is 0.541. The van der Waals surface area contributed by atoms with Crippen molar-refractivity contribution in [1.82, 2.24) is 5.32 Å². The molecule has 0 radical (unpaired) electrons. The van der Waals surface area contributed by atoms with E-state index in [2.05, 4.69) is 62.5 Å². The number of benzene rings is 2. The lowest BCUT2D eigenvalue weighted by Crippen LogP contribution is -2.24. The maximum atomic E-state index is 5.93. The fraction of sp³-hybridized carbons (Fsp3) is 0.368. The van der Waals surface area contributed by atoms with Crippen LogP contribution in [0.2, 0.25) is 5.02 Å². The van der Waals surface area contributed by atoms with Gasteiger partial charge in [0.1, 0.15) is 0 Å². The number of nitrogens with one attached hydrogen (secondary N) is 1. The molecule has 21 heavy (non-hydrogen) atoms. The summed E-state index contributed by atoms with van der Waals surface area (Å²) in [6, 6.07) is 17.4. The first-order valence-electron chi connectivity index (χ1n) is 7.65. The fourth-order valence-electron chi connectivity index (χ4n) is 2.40. The molecule has 0 saturated carbocycles. The average Bonchev–Trinajstić information content (AvgIpc) is 2.48. The van der Waals surface area contributed by atoms with Crippen LogP contribution in [0.5, 0.6) is 0 Å². The summed E-state index contributed by atoms with van der Waals surface area (Å²) < 4.78 is 0. The molecule has 2 heteroatoms. The zero-order chi connectivity index (χ0) is 15.2. The molecule has 0 bridgehead atoms. The largest absolute Gasteiger partial charge is 0.315 e. The third kappa shape index (κ3) is 4.87. The maximum Gasteiger partial charge on any atom is 0.0406 e. The summed E-state index contributed by atoms with van der Waals surface area (Å²) in [6.07, 6.45) is 1.17. The lowest BCUT2D eigenvalue weighted by Gasteiger charge is -2.14. The van der Waals surface area contributed by atoms with Gasteiger partial charge in [-0.2, -0.15) is 0 Å². The van der Waals surface area contributed by atoms with Gasteiger partial charge in [-0.05, 0) is 47.7 Å². The molecular formula is C19H24ClN. The quantitative estimate of drug-likeness (QED) is 0.743. The summed E-state index contributed by atoms with van der Waals surface area (Å²) in [7, 11) is 0. The highest BCUT2D eigenvalue weighted by Crippen LogP contribution is 2.25. The van der Waals surface area contributed by atoms with Crippen molar-refractivity contribution >= 4 is 11.6 Å². The van der Waals surface area contributed by atoms with Crippen molar-refractivity contribution in [2.45, 2.75) is 39.2 Å². The molecule has 2 aromatic carbocycles. The van der Waals surface area contributed by atoms with Gasteiger partial charge in [-0.3, -0.25) is 0 Å². The van der Waals surface area contributed by atoms with Gasteiger partial charge in [0.25, 0.3) is 0 Å². The van der Waals surface area contributed by atoms with Gasteiger partial charge in [-0.1, -0.05) is 68.8 Å². The normalized spacial score (nSPS) is 12.6. The van der Waals surface area contributed by atoms with E-state index in [9.17, 15) is 0 Å². The van der Waals surface area contributed by atoms with Gasteiger partial charge in [0.15, 0.2) is 0 Å². The Morgan fingerprint density at radius 3 is 1.90 bits per heavy atom. The Morgan fingerprint density at radius 2 is 1.38 bits per heavy atom. The van der Waals surface area contributed by atoms with Crippen LogP contribution >= 0.6 is 11.6 Å². The molecule has 0 aliphatic heterocycles. The van der Waals surface area contributed by atoms with Crippen LogP contribution in [0.25, 0.3) is 11.1 Å². The molecule has 0 saturated heterocycles. The molecule has 1 atom stereocenters. The summed E-state index contributed by atoms with van der Waals surface area (Å²) >= 11 is 5.93. The number of hydrogen-bond acceptors (Lipinski definition) is 1. The molecule has 0 heterocycles. The first-order valence-corrected chi connectivity index (χ1v) is 8.03. The monoisotopic (exact) mass is 301 g/mol. The molecule has 2 rings (SSSR count). The highest BCUT2D eigenvalue weighted by molar-refractivity contribution is 6.30. The Kier molecular flexibility index (Phi) is 5.84. The third-order valence-electron chi connectivity index (χ3n) is 3.79. The van der Waals surface area contributed by atoms with Gasteiger partial charge in [-0.15, -0.1) is 0 Å². The van der Waals surface area contributed by atoms with E-state index >= 15 is 0 Å². The molecule has 1 unspecified atom stereocenters. The van der Waals surface area contributed by atoms with E-state index < -0.39 is 0 Å². The number of halogens is 1. The van der Waals surface area contributed by atoms with Crippen LogP contribution < -0.4 is 5.32 Å². The van der Waals surface area contributed by atoms with Crippen molar-refractivity contribution in [3.63, 3.8) is 0 Å². The SMILES string of the molecule is CC(C)NCCC(C)c1ccc(-c2ccc(Cl)cc2)cc1. The van der Waals surface area contributed by atoms with Crippen molar-refractivity contribution < 1.29 is 0 Å². The zero-order valence-electron chi connectivity index (χ0n) is 13.1. The first kappa shape index (κ1) is 16.1. The Labute approximate surface area is 133 Å². The van der Waals surface area contributed by atoms with Crippen molar-refractivity contribution in [2.24, 2.45) is 0 Å². The highest BCUT2D eigenvalue weighted by Gasteiger charge is 2.06. The Bertz CT molecular complexity index is 543. The van der Waals surface area contributed by atoms with E-state index in [0.29, 0.717) is 12.0 Å². The summed E-state index contributed by atoms with van der Waals surface area (Å²) in [5, 5.41) is 4.26. The van der Waals surface area contributed by atoms with Crippen LogP contribution in [0.1, 0.15) is 38.7 Å². The van der Waals surface area contributed by atoms with Crippen molar-refractivity contribution in [3.05, 3.63) is 59.1 Å². The topological polar surface area (TPSA) is 12.0 Å². The van der Waals surface area contributed by atoms with Crippen LogP contribution in [0.4, 0.5) is 0 Å². The summed E-state index contributed by atoms with van der Waals surface area (Å²) in [5.74, 6) is 0.579. The molecule has 112 valence electrons. The Hall–Kier alpha value is -1.31. The molecule has 0 fully saturated rings. The van der Waals surface area contributed by atoms with Crippen LogP contribution in [0.15, 0.2) is 48.5 Å². The van der Waals surface area contributed by atoms with E-state index in [1.165, 1.54) is 23.1 Å².